The summed E-state index contributed by atoms with van der Waals surface area (Å²) in [6.07, 6.45) is 2.52. The number of hydrogen-bond acceptors (Lipinski definition) is 3. The third-order valence-electron chi connectivity index (χ3n) is 4.41. The number of halogens is 1. The van der Waals surface area contributed by atoms with Crippen molar-refractivity contribution in [1.29, 1.82) is 0 Å². The van der Waals surface area contributed by atoms with Gasteiger partial charge in [0.1, 0.15) is 0 Å². The van der Waals surface area contributed by atoms with E-state index in [1.807, 2.05) is 30.3 Å². The van der Waals surface area contributed by atoms with Gasteiger partial charge in [0.05, 0.1) is 5.41 Å². The summed E-state index contributed by atoms with van der Waals surface area (Å²) in [5.41, 5.74) is 0.828. The second-order valence-electron chi connectivity index (χ2n) is 5.81. The number of esters is 1. The van der Waals surface area contributed by atoms with Crippen LogP contribution in [0.4, 0.5) is 0 Å². The highest BCUT2D eigenvalue weighted by Crippen LogP contribution is 2.44. The van der Waals surface area contributed by atoms with Gasteiger partial charge in [-0.15, -0.1) is 0 Å². The molecule has 0 heterocycles. The molecule has 0 radical (unpaired) electrons. The number of hydrogen-bond donors (Lipinski definition) is 0. The van der Waals surface area contributed by atoms with E-state index in [-0.39, 0.29) is 18.4 Å². The molecule has 1 aliphatic rings. The zero-order chi connectivity index (χ0) is 16.3. The smallest absolute Gasteiger partial charge is 0.317 e. The zero-order valence-corrected chi connectivity index (χ0v) is 13.4. The van der Waals surface area contributed by atoms with Crippen molar-refractivity contribution < 1.29 is 14.3 Å². The summed E-state index contributed by atoms with van der Waals surface area (Å²) in [4.78, 5) is 24.7. The van der Waals surface area contributed by atoms with Crippen molar-refractivity contribution in [3.05, 3.63) is 70.7 Å². The van der Waals surface area contributed by atoms with E-state index in [9.17, 15) is 9.59 Å². The van der Waals surface area contributed by atoms with E-state index in [0.29, 0.717) is 10.6 Å². The molecular weight excluding hydrogens is 312 g/mol. The van der Waals surface area contributed by atoms with Crippen LogP contribution in [-0.2, 0) is 14.9 Å². The van der Waals surface area contributed by atoms with Crippen LogP contribution in [-0.4, -0.2) is 18.4 Å². The van der Waals surface area contributed by atoms with E-state index in [2.05, 4.69) is 0 Å². The summed E-state index contributed by atoms with van der Waals surface area (Å²) in [6, 6.07) is 16.3. The molecule has 118 valence electrons. The molecule has 0 unspecified atom stereocenters. The van der Waals surface area contributed by atoms with Crippen LogP contribution in [0.2, 0.25) is 5.02 Å². The Bertz CT molecular complexity index is 720. The lowest BCUT2D eigenvalue weighted by molar-refractivity contribution is -0.153. The quantitative estimate of drug-likeness (QED) is 0.610. The standard InChI is InChI=1S/C19H17ClO3/c20-16-9-4-6-14(12-16)17(21)13-23-18(22)19(10-5-11-19)15-7-2-1-3-8-15/h1-4,6-9,12H,5,10-11,13H2. The number of rotatable bonds is 5. The van der Waals surface area contributed by atoms with Gasteiger partial charge in [-0.2, -0.15) is 0 Å². The van der Waals surface area contributed by atoms with Gasteiger partial charge >= 0.3 is 5.97 Å². The van der Waals surface area contributed by atoms with E-state index in [0.717, 1.165) is 24.8 Å². The first-order chi connectivity index (χ1) is 11.1. The Morgan fingerprint density at radius 1 is 1.04 bits per heavy atom. The first-order valence-corrected chi connectivity index (χ1v) is 8.01. The summed E-state index contributed by atoms with van der Waals surface area (Å²) >= 11 is 5.88. The van der Waals surface area contributed by atoms with Gasteiger partial charge in [-0.3, -0.25) is 9.59 Å². The van der Waals surface area contributed by atoms with Crippen LogP contribution in [0.5, 0.6) is 0 Å². The Labute approximate surface area is 140 Å². The molecular formula is C19H17ClO3. The first kappa shape index (κ1) is 15.8. The SMILES string of the molecule is O=C(COC(=O)C1(c2ccccc2)CCC1)c1cccc(Cl)c1. The lowest BCUT2D eigenvalue weighted by Gasteiger charge is -2.39. The van der Waals surface area contributed by atoms with Crippen LogP contribution in [0, 0.1) is 0 Å². The molecule has 4 heteroatoms. The maximum atomic E-state index is 12.5. The van der Waals surface area contributed by atoms with Gasteiger partial charge in [-0.05, 0) is 30.5 Å². The maximum absolute atomic E-state index is 12.5. The average Bonchev–Trinajstić information content (AvgIpc) is 2.52. The van der Waals surface area contributed by atoms with Gasteiger partial charge in [0.2, 0.25) is 0 Å². The van der Waals surface area contributed by atoms with E-state index < -0.39 is 5.41 Å². The lowest BCUT2D eigenvalue weighted by Crippen LogP contribution is -2.44. The molecule has 2 aromatic carbocycles. The van der Waals surface area contributed by atoms with Crippen LogP contribution in [0.3, 0.4) is 0 Å². The molecule has 0 spiro atoms. The second-order valence-corrected chi connectivity index (χ2v) is 6.25. The lowest BCUT2D eigenvalue weighted by atomic mass is 9.64. The molecule has 2 aromatic rings. The van der Waals surface area contributed by atoms with Crippen molar-refractivity contribution in [2.24, 2.45) is 0 Å². The predicted octanol–water partition coefficient (Wildman–Crippen LogP) is 4.19. The number of carbonyl (C=O) groups is 2. The van der Waals surface area contributed by atoms with Crippen LogP contribution >= 0.6 is 11.6 Å². The third-order valence-corrected chi connectivity index (χ3v) is 4.64. The fourth-order valence-electron chi connectivity index (χ4n) is 2.91. The van der Waals surface area contributed by atoms with Crippen molar-refractivity contribution in [1.82, 2.24) is 0 Å². The molecule has 0 saturated heterocycles. The molecule has 3 nitrogen and oxygen atoms in total. The average molecular weight is 329 g/mol. The normalized spacial score (nSPS) is 15.5. The number of Topliss-reactive ketones (excluding diaryl/α,β-unsaturated/α-hetero) is 1. The summed E-state index contributed by atoms with van der Waals surface area (Å²) < 4.78 is 5.33. The summed E-state index contributed by atoms with van der Waals surface area (Å²) in [5.74, 6) is -0.561. The Hall–Kier alpha value is -2.13. The van der Waals surface area contributed by atoms with Crippen molar-refractivity contribution >= 4 is 23.4 Å². The molecule has 3 rings (SSSR count). The molecule has 0 aliphatic heterocycles. The Kier molecular flexibility index (Phi) is 4.49. The van der Waals surface area contributed by atoms with E-state index >= 15 is 0 Å². The van der Waals surface area contributed by atoms with Gasteiger partial charge in [0, 0.05) is 10.6 Å². The predicted molar refractivity (Wildman–Crippen MR) is 88.7 cm³/mol. The Morgan fingerprint density at radius 3 is 2.39 bits per heavy atom. The Morgan fingerprint density at radius 2 is 1.78 bits per heavy atom. The third kappa shape index (κ3) is 3.15. The highest BCUT2D eigenvalue weighted by atomic mass is 35.5. The molecule has 0 bridgehead atoms. The molecule has 0 N–H and O–H groups in total. The Balaban J connectivity index is 1.68. The molecule has 1 saturated carbocycles. The van der Waals surface area contributed by atoms with Gasteiger partial charge in [-0.25, -0.2) is 0 Å². The highest BCUT2D eigenvalue weighted by molar-refractivity contribution is 6.31. The minimum Gasteiger partial charge on any atom is -0.457 e. The molecule has 1 aliphatic carbocycles. The fourth-order valence-corrected chi connectivity index (χ4v) is 3.10. The number of ketones is 1. The monoisotopic (exact) mass is 328 g/mol. The minimum absolute atomic E-state index is 0.247. The first-order valence-electron chi connectivity index (χ1n) is 7.63. The van der Waals surface area contributed by atoms with Crippen LogP contribution in [0.15, 0.2) is 54.6 Å². The van der Waals surface area contributed by atoms with E-state index in [1.54, 1.807) is 24.3 Å². The number of ether oxygens (including phenoxy) is 1. The topological polar surface area (TPSA) is 43.4 Å². The van der Waals surface area contributed by atoms with E-state index in [4.69, 9.17) is 16.3 Å². The maximum Gasteiger partial charge on any atom is 0.317 e. The highest BCUT2D eigenvalue weighted by Gasteiger charge is 2.47. The van der Waals surface area contributed by atoms with Crippen LogP contribution in [0.1, 0.15) is 35.2 Å². The van der Waals surface area contributed by atoms with Gasteiger partial charge in [0.15, 0.2) is 12.4 Å². The fraction of sp³-hybridized carbons (Fsp3) is 0.263. The number of carbonyl (C=O) groups excluding carboxylic acids is 2. The molecule has 0 aromatic heterocycles. The summed E-state index contributed by atoms with van der Waals surface area (Å²) in [5, 5.41) is 0.488. The van der Waals surface area contributed by atoms with Crippen molar-refractivity contribution in [2.45, 2.75) is 24.7 Å². The second kappa shape index (κ2) is 6.55. The summed E-state index contributed by atoms with van der Waals surface area (Å²) in [6.45, 7) is -0.256. The largest absolute Gasteiger partial charge is 0.457 e. The van der Waals surface area contributed by atoms with Crippen molar-refractivity contribution in [3.63, 3.8) is 0 Å². The summed E-state index contributed by atoms with van der Waals surface area (Å²) in [7, 11) is 0. The van der Waals surface area contributed by atoms with Gasteiger partial charge < -0.3 is 4.74 Å². The molecule has 23 heavy (non-hydrogen) atoms. The van der Waals surface area contributed by atoms with Crippen LogP contribution < -0.4 is 0 Å². The zero-order valence-electron chi connectivity index (χ0n) is 12.6. The van der Waals surface area contributed by atoms with Gasteiger partial charge in [-0.1, -0.05) is 60.5 Å². The van der Waals surface area contributed by atoms with E-state index in [1.165, 1.54) is 0 Å². The van der Waals surface area contributed by atoms with Crippen LogP contribution in [0.25, 0.3) is 0 Å². The molecule has 0 amide bonds. The minimum atomic E-state index is -0.587. The molecule has 0 atom stereocenters. The van der Waals surface area contributed by atoms with Crippen molar-refractivity contribution in [3.8, 4) is 0 Å². The molecule has 1 fully saturated rings. The van der Waals surface area contributed by atoms with Gasteiger partial charge in [0.25, 0.3) is 0 Å². The van der Waals surface area contributed by atoms with Crippen molar-refractivity contribution in [2.75, 3.05) is 6.61 Å². The number of benzene rings is 2.